The number of carbonyl (C=O) groups is 2. The number of nitrogens with one attached hydrogen (secondary N) is 2. The molecular formula is C22H20N2O4S2. The lowest BCUT2D eigenvalue weighted by atomic mass is 10.2. The molecule has 0 aromatic heterocycles. The highest BCUT2D eigenvalue weighted by Crippen LogP contribution is 2.25. The summed E-state index contributed by atoms with van der Waals surface area (Å²) >= 11 is 1.53. The van der Waals surface area contributed by atoms with E-state index >= 15 is 0 Å². The summed E-state index contributed by atoms with van der Waals surface area (Å²) in [6.45, 7) is 1.42. The van der Waals surface area contributed by atoms with E-state index in [1.54, 1.807) is 12.1 Å². The summed E-state index contributed by atoms with van der Waals surface area (Å²) in [5, 5.41) is 2.86. The highest BCUT2D eigenvalue weighted by atomic mass is 32.2. The van der Waals surface area contributed by atoms with Gasteiger partial charge in [0.05, 0.1) is 10.6 Å². The molecule has 0 aliphatic heterocycles. The van der Waals surface area contributed by atoms with Crippen LogP contribution in [0, 0.1) is 0 Å². The Morgan fingerprint density at radius 2 is 1.43 bits per heavy atom. The molecule has 8 heteroatoms. The smallest absolute Gasteiger partial charge is 0.261 e. The Hall–Kier alpha value is -3.10. The fourth-order valence-electron chi connectivity index (χ4n) is 2.71. The molecule has 3 aromatic carbocycles. The molecule has 1 amide bonds. The number of para-hydroxylation sites is 1. The second-order valence-corrected chi connectivity index (χ2v) is 8.95. The molecule has 0 atom stereocenters. The summed E-state index contributed by atoms with van der Waals surface area (Å²) < 4.78 is 27.5. The summed E-state index contributed by atoms with van der Waals surface area (Å²) in [5.41, 5.74) is 1.88. The Bertz CT molecular complexity index is 1170. The van der Waals surface area contributed by atoms with Gasteiger partial charge in [0.2, 0.25) is 0 Å². The molecule has 0 heterocycles. The molecule has 0 bridgehead atoms. The van der Waals surface area contributed by atoms with E-state index in [9.17, 15) is 18.0 Å². The maximum Gasteiger partial charge on any atom is 0.261 e. The van der Waals surface area contributed by atoms with Crippen molar-refractivity contribution in [2.75, 3.05) is 16.3 Å². The number of anilines is 2. The summed E-state index contributed by atoms with van der Waals surface area (Å²) in [7, 11) is -3.81. The van der Waals surface area contributed by atoms with E-state index < -0.39 is 10.0 Å². The van der Waals surface area contributed by atoms with Crippen LogP contribution in [0.3, 0.4) is 0 Å². The van der Waals surface area contributed by atoms with E-state index in [-0.39, 0.29) is 16.6 Å². The van der Waals surface area contributed by atoms with Crippen molar-refractivity contribution >= 4 is 44.9 Å². The van der Waals surface area contributed by atoms with E-state index in [1.807, 2.05) is 30.5 Å². The predicted molar refractivity (Wildman–Crippen MR) is 120 cm³/mol. The SMILES string of the molecule is CSc1ccccc1NC(=O)c1ccc(NS(=O)(=O)c2ccc(C(C)=O)cc2)cc1. The van der Waals surface area contributed by atoms with Crippen molar-refractivity contribution in [3.8, 4) is 0 Å². The van der Waals surface area contributed by atoms with Gasteiger partial charge in [-0.3, -0.25) is 14.3 Å². The number of hydrogen-bond acceptors (Lipinski definition) is 5. The summed E-state index contributed by atoms with van der Waals surface area (Å²) in [5.74, 6) is -0.424. The number of Topliss-reactive ketones (excluding diaryl/α,β-unsaturated/α-hetero) is 1. The quantitative estimate of drug-likeness (QED) is 0.412. The topological polar surface area (TPSA) is 92.3 Å². The van der Waals surface area contributed by atoms with E-state index in [0.29, 0.717) is 22.5 Å². The summed E-state index contributed by atoms with van der Waals surface area (Å²) in [6, 6.07) is 19.3. The van der Waals surface area contributed by atoms with Gasteiger partial charge >= 0.3 is 0 Å². The zero-order chi connectivity index (χ0) is 21.7. The van der Waals surface area contributed by atoms with Crippen LogP contribution in [0.15, 0.2) is 82.6 Å². The Balaban J connectivity index is 1.72. The molecule has 0 fully saturated rings. The predicted octanol–water partition coefficient (Wildman–Crippen LogP) is 4.66. The molecule has 0 aliphatic carbocycles. The number of sulfonamides is 1. The van der Waals surface area contributed by atoms with Gasteiger partial charge in [-0.1, -0.05) is 24.3 Å². The van der Waals surface area contributed by atoms with Gasteiger partial charge in [-0.05, 0) is 61.7 Å². The average molecular weight is 441 g/mol. The number of thioether (sulfide) groups is 1. The number of hydrogen-bond donors (Lipinski definition) is 2. The maximum atomic E-state index is 12.5. The van der Waals surface area contributed by atoms with E-state index in [0.717, 1.165) is 4.90 Å². The van der Waals surface area contributed by atoms with Crippen LogP contribution < -0.4 is 10.0 Å². The lowest BCUT2D eigenvalue weighted by molar-refractivity contribution is 0.101. The van der Waals surface area contributed by atoms with Crippen LogP contribution >= 0.6 is 11.8 Å². The number of benzene rings is 3. The minimum Gasteiger partial charge on any atom is -0.321 e. The minimum absolute atomic E-state index is 0.0444. The second kappa shape index (κ2) is 9.15. The third kappa shape index (κ3) is 5.08. The Kier molecular flexibility index (Phi) is 6.59. The van der Waals surface area contributed by atoms with Crippen molar-refractivity contribution in [2.45, 2.75) is 16.7 Å². The molecule has 0 radical (unpaired) electrons. The van der Waals surface area contributed by atoms with Gasteiger partial charge < -0.3 is 5.32 Å². The summed E-state index contributed by atoms with van der Waals surface area (Å²) in [4.78, 5) is 24.8. The van der Waals surface area contributed by atoms with E-state index in [4.69, 9.17) is 0 Å². The van der Waals surface area contributed by atoms with Gasteiger partial charge in [0, 0.05) is 21.7 Å². The Labute approximate surface area is 179 Å². The fraction of sp³-hybridized carbons (Fsp3) is 0.0909. The van der Waals surface area contributed by atoms with Crippen LogP contribution in [0.25, 0.3) is 0 Å². The van der Waals surface area contributed by atoms with Gasteiger partial charge in [-0.15, -0.1) is 11.8 Å². The van der Waals surface area contributed by atoms with Crippen LogP contribution in [-0.4, -0.2) is 26.4 Å². The standard InChI is InChI=1S/C22H20N2O4S2/c1-15(25)16-9-13-19(14-10-16)30(27,28)24-18-11-7-17(8-12-18)22(26)23-20-5-3-4-6-21(20)29-2/h3-14,24H,1-2H3,(H,23,26). The number of rotatable bonds is 7. The highest BCUT2D eigenvalue weighted by Gasteiger charge is 2.15. The van der Waals surface area contributed by atoms with Crippen molar-refractivity contribution < 1.29 is 18.0 Å². The molecule has 3 aromatic rings. The van der Waals surface area contributed by atoms with Gasteiger partial charge in [0.1, 0.15) is 0 Å². The highest BCUT2D eigenvalue weighted by molar-refractivity contribution is 7.98. The largest absolute Gasteiger partial charge is 0.321 e. The fourth-order valence-corrected chi connectivity index (χ4v) is 4.33. The minimum atomic E-state index is -3.81. The van der Waals surface area contributed by atoms with Gasteiger partial charge in [-0.25, -0.2) is 8.42 Å². The Morgan fingerprint density at radius 3 is 2.03 bits per heavy atom. The first-order valence-electron chi connectivity index (χ1n) is 8.98. The van der Waals surface area contributed by atoms with Crippen molar-refractivity contribution in [1.82, 2.24) is 0 Å². The molecule has 0 spiro atoms. The molecular weight excluding hydrogens is 420 g/mol. The first kappa shape index (κ1) is 21.6. The lowest BCUT2D eigenvalue weighted by Crippen LogP contribution is -2.14. The molecule has 0 unspecified atom stereocenters. The van der Waals surface area contributed by atoms with E-state index in [2.05, 4.69) is 10.0 Å². The van der Waals surface area contributed by atoms with Crippen LogP contribution in [-0.2, 0) is 10.0 Å². The molecule has 154 valence electrons. The molecule has 6 nitrogen and oxygen atoms in total. The molecule has 3 rings (SSSR count). The third-order valence-electron chi connectivity index (χ3n) is 4.33. The number of carbonyl (C=O) groups excluding carboxylic acids is 2. The average Bonchev–Trinajstić information content (AvgIpc) is 2.74. The van der Waals surface area contributed by atoms with Gasteiger partial charge in [-0.2, -0.15) is 0 Å². The third-order valence-corrected chi connectivity index (χ3v) is 6.52. The summed E-state index contributed by atoms with van der Waals surface area (Å²) in [6.07, 6.45) is 1.93. The molecule has 2 N–H and O–H groups in total. The van der Waals surface area contributed by atoms with Crippen molar-refractivity contribution in [2.24, 2.45) is 0 Å². The second-order valence-electron chi connectivity index (χ2n) is 6.42. The molecule has 0 saturated heterocycles. The lowest BCUT2D eigenvalue weighted by Gasteiger charge is -2.11. The Morgan fingerprint density at radius 1 is 0.833 bits per heavy atom. The normalized spacial score (nSPS) is 11.0. The van der Waals surface area contributed by atoms with Crippen molar-refractivity contribution in [3.63, 3.8) is 0 Å². The van der Waals surface area contributed by atoms with Crippen LogP contribution in [0.4, 0.5) is 11.4 Å². The molecule has 30 heavy (non-hydrogen) atoms. The van der Waals surface area contributed by atoms with Crippen LogP contribution in [0.1, 0.15) is 27.6 Å². The zero-order valence-electron chi connectivity index (χ0n) is 16.4. The van der Waals surface area contributed by atoms with Gasteiger partial charge in [0.25, 0.3) is 15.9 Å². The van der Waals surface area contributed by atoms with Crippen molar-refractivity contribution in [3.05, 3.63) is 83.9 Å². The first-order valence-corrected chi connectivity index (χ1v) is 11.7. The van der Waals surface area contributed by atoms with E-state index in [1.165, 1.54) is 55.1 Å². The monoisotopic (exact) mass is 440 g/mol. The number of ketones is 1. The maximum absolute atomic E-state index is 12.5. The molecule has 0 saturated carbocycles. The van der Waals surface area contributed by atoms with Crippen LogP contribution in [0.2, 0.25) is 0 Å². The van der Waals surface area contributed by atoms with Gasteiger partial charge in [0.15, 0.2) is 5.78 Å². The molecule has 0 aliphatic rings. The first-order chi connectivity index (χ1) is 14.3. The number of amides is 1. The van der Waals surface area contributed by atoms with Crippen LogP contribution in [0.5, 0.6) is 0 Å². The van der Waals surface area contributed by atoms with Crippen molar-refractivity contribution in [1.29, 1.82) is 0 Å². The zero-order valence-corrected chi connectivity index (χ0v) is 18.0.